The first-order valence-electron chi connectivity index (χ1n) is 7.17. The molecule has 0 amide bonds. The van der Waals surface area contributed by atoms with Crippen LogP contribution in [0.25, 0.3) is 0 Å². The summed E-state index contributed by atoms with van der Waals surface area (Å²) in [6.07, 6.45) is 0.542. The van der Waals surface area contributed by atoms with Gasteiger partial charge in [0.15, 0.2) is 0 Å². The topological polar surface area (TPSA) is 125 Å². The third kappa shape index (κ3) is 2.47. The summed E-state index contributed by atoms with van der Waals surface area (Å²) in [5, 5.41) is 25.3. The summed E-state index contributed by atoms with van der Waals surface area (Å²) in [7, 11) is 1.30. The first-order valence-corrected chi connectivity index (χ1v) is 7.17. The zero-order chi connectivity index (χ0) is 17.3. The van der Waals surface area contributed by atoms with Crippen LogP contribution in [-0.2, 0) is 9.53 Å². The van der Waals surface area contributed by atoms with Crippen molar-refractivity contribution in [2.45, 2.75) is 19.4 Å². The molecule has 1 unspecified atom stereocenters. The highest BCUT2D eigenvalue weighted by molar-refractivity contribution is 5.92. The molecule has 10 heteroatoms. The average molecular weight is 330 g/mol. The molecule has 1 aliphatic rings. The van der Waals surface area contributed by atoms with Crippen LogP contribution in [0.3, 0.4) is 0 Å². The van der Waals surface area contributed by atoms with Crippen molar-refractivity contribution in [1.82, 2.24) is 20.2 Å². The highest BCUT2D eigenvalue weighted by Gasteiger charge is 2.35. The summed E-state index contributed by atoms with van der Waals surface area (Å²) in [5.74, 6) is -0.119. The van der Waals surface area contributed by atoms with Gasteiger partial charge in [-0.2, -0.15) is 4.68 Å². The lowest BCUT2D eigenvalue weighted by Crippen LogP contribution is -2.30. The van der Waals surface area contributed by atoms with Gasteiger partial charge >= 0.3 is 5.97 Å². The predicted molar refractivity (Wildman–Crippen MR) is 82.0 cm³/mol. The number of carbonyl (C=O) groups excluding carboxylic acids is 1. The molecule has 0 saturated carbocycles. The number of ether oxygens (including phenoxy) is 1. The summed E-state index contributed by atoms with van der Waals surface area (Å²) >= 11 is 0. The van der Waals surface area contributed by atoms with Crippen molar-refractivity contribution in [1.29, 1.82) is 0 Å². The Labute approximate surface area is 136 Å². The summed E-state index contributed by atoms with van der Waals surface area (Å²) in [4.78, 5) is 22.7. The molecule has 3 rings (SSSR count). The van der Waals surface area contributed by atoms with E-state index in [4.69, 9.17) is 4.74 Å². The molecule has 1 aliphatic heterocycles. The maximum atomic E-state index is 12.3. The van der Waals surface area contributed by atoms with Gasteiger partial charge in [0, 0.05) is 17.8 Å². The van der Waals surface area contributed by atoms with E-state index in [9.17, 15) is 14.9 Å². The fourth-order valence-corrected chi connectivity index (χ4v) is 2.65. The molecule has 1 aromatic carbocycles. The van der Waals surface area contributed by atoms with E-state index in [1.54, 1.807) is 12.1 Å². The number of allylic oxidation sites excluding steroid dienone is 1. The Morgan fingerprint density at radius 2 is 2.12 bits per heavy atom. The van der Waals surface area contributed by atoms with Crippen molar-refractivity contribution >= 4 is 17.6 Å². The SMILES string of the molecule is CCC1=C(C(=O)OC)C(c2ccc([N+](=O)[O-])cc2)n2nnnc2N1. The summed E-state index contributed by atoms with van der Waals surface area (Å²) in [5.41, 5.74) is 1.62. The van der Waals surface area contributed by atoms with Gasteiger partial charge in [0.2, 0.25) is 5.95 Å². The number of nitrogens with one attached hydrogen (secondary N) is 1. The van der Waals surface area contributed by atoms with E-state index in [1.807, 2.05) is 6.92 Å². The number of tetrazole rings is 1. The number of fused-ring (bicyclic) bond motifs is 1. The summed E-state index contributed by atoms with van der Waals surface area (Å²) in [6.45, 7) is 1.89. The molecular weight excluding hydrogens is 316 g/mol. The zero-order valence-corrected chi connectivity index (χ0v) is 13.0. The smallest absolute Gasteiger partial charge is 0.338 e. The fourth-order valence-electron chi connectivity index (χ4n) is 2.65. The molecule has 0 radical (unpaired) electrons. The second kappa shape index (κ2) is 6.07. The molecule has 0 aliphatic carbocycles. The van der Waals surface area contributed by atoms with Crippen LogP contribution in [0.4, 0.5) is 11.6 Å². The number of esters is 1. The van der Waals surface area contributed by atoms with Gasteiger partial charge in [-0.25, -0.2) is 4.79 Å². The van der Waals surface area contributed by atoms with Crippen LogP contribution in [0.15, 0.2) is 35.5 Å². The highest BCUT2D eigenvalue weighted by Crippen LogP contribution is 2.36. The van der Waals surface area contributed by atoms with Crippen LogP contribution in [-0.4, -0.2) is 38.2 Å². The third-order valence-corrected chi connectivity index (χ3v) is 3.78. The van der Waals surface area contributed by atoms with Gasteiger partial charge < -0.3 is 10.1 Å². The van der Waals surface area contributed by atoms with Crippen LogP contribution in [0.1, 0.15) is 24.9 Å². The second-order valence-corrected chi connectivity index (χ2v) is 5.06. The summed E-state index contributed by atoms with van der Waals surface area (Å²) in [6, 6.07) is 5.29. The summed E-state index contributed by atoms with van der Waals surface area (Å²) < 4.78 is 6.35. The Balaban J connectivity index is 2.15. The first kappa shape index (κ1) is 15.6. The minimum Gasteiger partial charge on any atom is -0.466 e. The molecule has 0 bridgehead atoms. The number of nitro benzene ring substituents is 1. The highest BCUT2D eigenvalue weighted by atomic mass is 16.6. The number of aromatic nitrogens is 4. The van der Waals surface area contributed by atoms with Crippen LogP contribution < -0.4 is 5.32 Å². The number of non-ortho nitro benzene ring substituents is 1. The molecule has 24 heavy (non-hydrogen) atoms. The number of nitro groups is 1. The van der Waals surface area contributed by atoms with E-state index in [1.165, 1.54) is 23.9 Å². The van der Waals surface area contributed by atoms with Gasteiger partial charge in [-0.1, -0.05) is 12.0 Å². The maximum Gasteiger partial charge on any atom is 0.338 e. The van der Waals surface area contributed by atoms with E-state index in [2.05, 4.69) is 20.8 Å². The Hall–Kier alpha value is -3.30. The lowest BCUT2D eigenvalue weighted by Gasteiger charge is -2.27. The number of benzene rings is 1. The van der Waals surface area contributed by atoms with Gasteiger partial charge in [0.1, 0.15) is 6.04 Å². The third-order valence-electron chi connectivity index (χ3n) is 3.78. The number of methoxy groups -OCH3 is 1. The van der Waals surface area contributed by atoms with Crippen LogP contribution >= 0.6 is 0 Å². The van der Waals surface area contributed by atoms with Crippen molar-refractivity contribution in [2.75, 3.05) is 12.4 Å². The van der Waals surface area contributed by atoms with Gasteiger partial charge in [-0.05, 0) is 34.5 Å². The molecule has 1 aromatic heterocycles. The number of hydrogen-bond donors (Lipinski definition) is 1. The largest absolute Gasteiger partial charge is 0.466 e. The molecule has 0 saturated heterocycles. The molecule has 1 atom stereocenters. The van der Waals surface area contributed by atoms with E-state index in [0.717, 1.165) is 0 Å². The molecule has 0 fully saturated rings. The van der Waals surface area contributed by atoms with E-state index < -0.39 is 16.9 Å². The number of anilines is 1. The lowest BCUT2D eigenvalue weighted by atomic mass is 9.94. The van der Waals surface area contributed by atoms with Crippen molar-refractivity contribution in [3.05, 3.63) is 51.2 Å². The van der Waals surface area contributed by atoms with Crippen molar-refractivity contribution in [2.24, 2.45) is 0 Å². The number of rotatable bonds is 4. The molecular formula is C14H14N6O4. The molecule has 0 spiro atoms. The Kier molecular flexibility index (Phi) is 3.94. The van der Waals surface area contributed by atoms with Gasteiger partial charge in [0.05, 0.1) is 17.6 Å². The quantitative estimate of drug-likeness (QED) is 0.507. The van der Waals surface area contributed by atoms with Crippen molar-refractivity contribution in [3.8, 4) is 0 Å². The van der Waals surface area contributed by atoms with E-state index >= 15 is 0 Å². The fraction of sp³-hybridized carbons (Fsp3) is 0.286. The number of hydrogen-bond acceptors (Lipinski definition) is 8. The van der Waals surface area contributed by atoms with Crippen LogP contribution in [0.5, 0.6) is 0 Å². The molecule has 124 valence electrons. The molecule has 10 nitrogen and oxygen atoms in total. The Morgan fingerprint density at radius 3 is 2.71 bits per heavy atom. The second-order valence-electron chi connectivity index (χ2n) is 5.06. The predicted octanol–water partition coefficient (Wildman–Crippen LogP) is 1.43. The van der Waals surface area contributed by atoms with E-state index in [0.29, 0.717) is 29.2 Å². The average Bonchev–Trinajstić information content (AvgIpc) is 3.07. The number of carbonyl (C=O) groups is 1. The first-order chi connectivity index (χ1) is 11.6. The zero-order valence-electron chi connectivity index (χ0n) is 13.0. The number of nitrogens with zero attached hydrogens (tertiary/aromatic N) is 5. The minimum absolute atomic E-state index is 0.0380. The van der Waals surface area contributed by atoms with Gasteiger partial charge in [0.25, 0.3) is 5.69 Å². The minimum atomic E-state index is -0.626. The van der Waals surface area contributed by atoms with Crippen LogP contribution in [0, 0.1) is 10.1 Å². The van der Waals surface area contributed by atoms with Crippen LogP contribution in [0.2, 0.25) is 0 Å². The van der Waals surface area contributed by atoms with Crippen molar-refractivity contribution < 1.29 is 14.5 Å². The van der Waals surface area contributed by atoms with Crippen molar-refractivity contribution in [3.63, 3.8) is 0 Å². The van der Waals surface area contributed by atoms with Gasteiger partial charge in [-0.15, -0.1) is 0 Å². The Morgan fingerprint density at radius 1 is 1.42 bits per heavy atom. The lowest BCUT2D eigenvalue weighted by molar-refractivity contribution is -0.384. The van der Waals surface area contributed by atoms with Gasteiger partial charge in [-0.3, -0.25) is 10.1 Å². The molecule has 2 heterocycles. The normalized spacial score (nSPS) is 16.3. The maximum absolute atomic E-state index is 12.3. The Bertz CT molecular complexity index is 826. The molecule has 2 aromatic rings. The standard InChI is InChI=1S/C14H14N6O4/c1-3-10-11(13(21)24-2)12(19-14(15-10)16-17-18-19)8-4-6-9(7-5-8)20(22)23/h4-7,12H,3H2,1-2H3,(H,15,16,18). The monoisotopic (exact) mass is 330 g/mol. The molecule has 1 N–H and O–H groups in total. The van der Waals surface area contributed by atoms with E-state index in [-0.39, 0.29) is 5.69 Å².